The normalized spacial score (nSPS) is 16.7. The Kier molecular flexibility index (Phi) is 5.55. The van der Waals surface area contributed by atoms with Gasteiger partial charge in [-0.3, -0.25) is 4.79 Å². The fourth-order valence-electron chi connectivity index (χ4n) is 4.18. The predicted molar refractivity (Wildman–Crippen MR) is 125 cm³/mol. The molecule has 0 spiro atoms. The molecule has 0 saturated heterocycles. The van der Waals surface area contributed by atoms with Crippen LogP contribution < -0.4 is 0 Å². The van der Waals surface area contributed by atoms with Gasteiger partial charge in [-0.25, -0.2) is 4.98 Å². The molecule has 6 heteroatoms. The van der Waals surface area contributed by atoms with Crippen LogP contribution in [0.25, 0.3) is 33.5 Å². The number of hydrogen-bond donors (Lipinski definition) is 0. The second-order valence-electron chi connectivity index (χ2n) is 7.81. The van der Waals surface area contributed by atoms with Gasteiger partial charge in [0.1, 0.15) is 5.78 Å². The molecule has 31 heavy (non-hydrogen) atoms. The Morgan fingerprint density at radius 1 is 1.03 bits per heavy atom. The topological polar surface area (TPSA) is 60.7 Å². The number of fused-ring (bicyclic) bond motifs is 1. The third kappa shape index (κ3) is 3.88. The summed E-state index contributed by atoms with van der Waals surface area (Å²) in [5.74, 6) is 1.16. The fourth-order valence-corrected chi connectivity index (χ4v) is 5.40. The summed E-state index contributed by atoms with van der Waals surface area (Å²) < 4.78 is 2.13. The van der Waals surface area contributed by atoms with E-state index in [9.17, 15) is 4.79 Å². The summed E-state index contributed by atoms with van der Waals surface area (Å²) in [6.45, 7) is 2.84. The van der Waals surface area contributed by atoms with Gasteiger partial charge in [-0.2, -0.15) is 0 Å². The Hall–Kier alpha value is -2.99. The molecule has 5 nitrogen and oxygen atoms in total. The van der Waals surface area contributed by atoms with Gasteiger partial charge in [-0.1, -0.05) is 66.7 Å². The van der Waals surface area contributed by atoms with Crippen LogP contribution in [0.1, 0.15) is 32.6 Å². The molecular weight excluding hydrogens is 404 g/mol. The van der Waals surface area contributed by atoms with Crippen LogP contribution in [0.15, 0.2) is 65.8 Å². The maximum atomic E-state index is 12.4. The van der Waals surface area contributed by atoms with E-state index in [0.29, 0.717) is 12.2 Å². The largest absolute Gasteiger partial charge is 0.302 e. The smallest absolute Gasteiger partial charge is 0.192 e. The quantitative estimate of drug-likeness (QED) is 0.403. The molecular formula is C25H24N4OS. The maximum Gasteiger partial charge on any atom is 0.192 e. The van der Waals surface area contributed by atoms with Gasteiger partial charge in [0.05, 0.1) is 16.5 Å². The Balaban J connectivity index is 1.62. The zero-order chi connectivity index (χ0) is 21.2. The van der Waals surface area contributed by atoms with Crippen LogP contribution >= 0.6 is 11.8 Å². The molecule has 1 saturated carbocycles. The first-order valence-corrected chi connectivity index (χ1v) is 11.7. The lowest BCUT2D eigenvalue weighted by Crippen LogP contribution is -2.21. The molecule has 5 rings (SSSR count). The van der Waals surface area contributed by atoms with Crippen LogP contribution in [0.3, 0.4) is 0 Å². The molecule has 2 heterocycles. The summed E-state index contributed by atoms with van der Waals surface area (Å²) in [7, 11) is 0. The van der Waals surface area contributed by atoms with Crippen LogP contribution in [-0.4, -0.2) is 30.8 Å². The van der Waals surface area contributed by atoms with Gasteiger partial charge in [0.15, 0.2) is 11.0 Å². The van der Waals surface area contributed by atoms with E-state index in [1.807, 2.05) is 36.4 Å². The van der Waals surface area contributed by atoms with Crippen LogP contribution in [0.2, 0.25) is 0 Å². The number of hydrogen-bond acceptors (Lipinski definition) is 5. The van der Waals surface area contributed by atoms with Crippen LogP contribution in [0.4, 0.5) is 0 Å². The lowest BCUT2D eigenvalue weighted by molar-refractivity contribution is -0.119. The number of benzene rings is 2. The molecule has 1 unspecified atom stereocenters. The zero-order valence-electron chi connectivity index (χ0n) is 17.5. The maximum absolute atomic E-state index is 12.4. The molecule has 2 aromatic carbocycles. The number of Topliss-reactive ketones (excluding diaryl/α,β-unsaturated/α-hetero) is 1. The highest BCUT2D eigenvalue weighted by Gasteiger charge is 2.26. The van der Waals surface area contributed by atoms with Gasteiger partial charge >= 0.3 is 0 Å². The third-order valence-corrected chi connectivity index (χ3v) is 7.10. The Morgan fingerprint density at radius 3 is 2.65 bits per heavy atom. The van der Waals surface area contributed by atoms with E-state index in [1.165, 1.54) is 0 Å². The average molecular weight is 429 g/mol. The van der Waals surface area contributed by atoms with Crippen molar-refractivity contribution >= 4 is 28.4 Å². The van der Waals surface area contributed by atoms with Crippen molar-refractivity contribution in [3.8, 4) is 22.6 Å². The summed E-state index contributed by atoms with van der Waals surface area (Å²) in [6, 6.07) is 20.5. The molecule has 0 N–H and O–H groups in total. The van der Waals surface area contributed by atoms with E-state index in [0.717, 1.165) is 64.5 Å². The van der Waals surface area contributed by atoms with Crippen molar-refractivity contribution in [2.75, 3.05) is 0 Å². The van der Waals surface area contributed by atoms with E-state index in [1.54, 1.807) is 11.8 Å². The van der Waals surface area contributed by atoms with Crippen molar-refractivity contribution in [3.63, 3.8) is 0 Å². The minimum absolute atomic E-state index is 0.00911. The van der Waals surface area contributed by atoms with Gasteiger partial charge < -0.3 is 4.57 Å². The van der Waals surface area contributed by atoms with Crippen molar-refractivity contribution in [1.29, 1.82) is 0 Å². The molecule has 1 atom stereocenters. The molecule has 0 radical (unpaired) electrons. The second kappa shape index (κ2) is 8.63. The number of para-hydroxylation sites is 1. The number of carbonyl (C=O) groups excluding carboxylic acids is 1. The molecule has 1 aliphatic rings. The number of pyridine rings is 1. The Morgan fingerprint density at radius 2 is 1.84 bits per heavy atom. The number of nitrogens with zero attached hydrogens (tertiary/aromatic N) is 4. The zero-order valence-corrected chi connectivity index (χ0v) is 18.3. The molecule has 1 fully saturated rings. The Bertz CT molecular complexity index is 1230. The first kappa shape index (κ1) is 19.9. The summed E-state index contributed by atoms with van der Waals surface area (Å²) in [5, 5.41) is 11.0. The molecule has 0 amide bonds. The minimum Gasteiger partial charge on any atom is -0.302 e. The highest BCUT2D eigenvalue weighted by Crippen LogP contribution is 2.35. The first-order valence-electron chi connectivity index (χ1n) is 10.8. The summed E-state index contributed by atoms with van der Waals surface area (Å²) in [4.78, 5) is 17.3. The lowest BCUT2D eigenvalue weighted by Gasteiger charge is -2.19. The van der Waals surface area contributed by atoms with Crippen LogP contribution in [-0.2, 0) is 11.3 Å². The van der Waals surface area contributed by atoms with Crippen molar-refractivity contribution in [2.45, 2.75) is 49.6 Å². The summed E-state index contributed by atoms with van der Waals surface area (Å²) in [5.41, 5.74) is 3.93. The van der Waals surface area contributed by atoms with Gasteiger partial charge in [0.2, 0.25) is 0 Å². The van der Waals surface area contributed by atoms with Crippen LogP contribution in [0.5, 0.6) is 0 Å². The summed E-state index contributed by atoms with van der Waals surface area (Å²) >= 11 is 1.57. The van der Waals surface area contributed by atoms with E-state index in [4.69, 9.17) is 4.98 Å². The number of aromatic nitrogens is 4. The summed E-state index contributed by atoms with van der Waals surface area (Å²) in [6.07, 6.45) is 3.71. The van der Waals surface area contributed by atoms with E-state index in [-0.39, 0.29) is 5.25 Å². The highest BCUT2D eigenvalue weighted by molar-refractivity contribution is 8.00. The number of thioether (sulfide) groups is 1. The lowest BCUT2D eigenvalue weighted by atomic mass is 9.99. The SMILES string of the molecule is CCn1c(SC2CCCCC2=O)nnc1-c1cc(-c2ccccc2)nc2ccccc12. The highest BCUT2D eigenvalue weighted by atomic mass is 32.2. The Labute approximate surface area is 185 Å². The van der Waals surface area contributed by atoms with Gasteiger partial charge in [0.25, 0.3) is 0 Å². The van der Waals surface area contributed by atoms with Crippen LogP contribution in [0, 0.1) is 0 Å². The minimum atomic E-state index is -0.00911. The number of ketones is 1. The van der Waals surface area contributed by atoms with Crippen molar-refractivity contribution in [3.05, 3.63) is 60.7 Å². The molecule has 0 aliphatic heterocycles. The molecule has 1 aliphatic carbocycles. The van der Waals surface area contributed by atoms with Gasteiger partial charge in [-0.05, 0) is 31.9 Å². The van der Waals surface area contributed by atoms with Crippen molar-refractivity contribution in [2.24, 2.45) is 0 Å². The standard InChI is InChI=1S/C25H24N4OS/c1-2-29-24(27-28-25(29)31-23-15-9-8-14-22(23)30)19-16-21(17-10-4-3-5-11-17)26-20-13-7-6-12-18(19)20/h3-7,10-13,16,23H,2,8-9,14-15H2,1H3. The first-order chi connectivity index (χ1) is 15.2. The van der Waals surface area contributed by atoms with Crippen molar-refractivity contribution < 1.29 is 4.79 Å². The fraction of sp³-hybridized carbons (Fsp3) is 0.280. The second-order valence-corrected chi connectivity index (χ2v) is 8.98. The van der Waals surface area contributed by atoms with E-state index < -0.39 is 0 Å². The monoisotopic (exact) mass is 428 g/mol. The van der Waals surface area contributed by atoms with Gasteiger partial charge in [-0.15, -0.1) is 10.2 Å². The van der Waals surface area contributed by atoms with E-state index >= 15 is 0 Å². The molecule has 156 valence electrons. The van der Waals surface area contributed by atoms with Crippen molar-refractivity contribution in [1.82, 2.24) is 19.7 Å². The predicted octanol–water partition coefficient (Wildman–Crippen LogP) is 5.78. The molecule has 4 aromatic rings. The van der Waals surface area contributed by atoms with E-state index in [2.05, 4.69) is 46.0 Å². The average Bonchev–Trinajstić information content (AvgIpc) is 3.22. The number of rotatable bonds is 5. The molecule has 0 bridgehead atoms. The molecule has 2 aromatic heterocycles. The van der Waals surface area contributed by atoms with Gasteiger partial charge in [0, 0.05) is 29.5 Å². The third-order valence-electron chi connectivity index (χ3n) is 5.81. The number of carbonyl (C=O) groups is 1.